The maximum Gasteiger partial charge on any atom is 0.315 e. The van der Waals surface area contributed by atoms with Gasteiger partial charge in [-0.25, -0.2) is 4.79 Å². The molecular formula is C14H15N5O2. The lowest BCUT2D eigenvalue weighted by Gasteiger charge is -2.12. The Morgan fingerprint density at radius 2 is 2.24 bits per heavy atom. The third-order valence-electron chi connectivity index (χ3n) is 3.08. The van der Waals surface area contributed by atoms with Gasteiger partial charge in [-0.05, 0) is 31.2 Å². The molecule has 7 nitrogen and oxygen atoms in total. The number of carbonyl (C=O) groups excluding carboxylic acids is 1. The van der Waals surface area contributed by atoms with Crippen molar-refractivity contribution in [1.82, 2.24) is 25.2 Å². The quantitative estimate of drug-likeness (QED) is 0.766. The molecule has 0 spiro atoms. The molecule has 3 rings (SSSR count). The first-order chi connectivity index (χ1) is 10.2. The predicted octanol–water partition coefficient (Wildman–Crippen LogP) is 1.88. The van der Waals surface area contributed by atoms with Crippen LogP contribution < -0.4 is 10.6 Å². The molecule has 3 heterocycles. The van der Waals surface area contributed by atoms with Crippen LogP contribution in [-0.4, -0.2) is 20.6 Å². The van der Waals surface area contributed by atoms with E-state index in [4.69, 9.17) is 4.42 Å². The predicted molar refractivity (Wildman–Crippen MR) is 75.5 cm³/mol. The topological polar surface area (TPSA) is 84.5 Å². The summed E-state index contributed by atoms with van der Waals surface area (Å²) in [7, 11) is 0. The van der Waals surface area contributed by atoms with Crippen LogP contribution in [0.3, 0.4) is 0 Å². The molecule has 2 amide bonds. The second-order valence-corrected chi connectivity index (χ2v) is 4.62. The molecule has 0 radical (unpaired) electrons. The maximum absolute atomic E-state index is 11.9. The zero-order valence-corrected chi connectivity index (χ0v) is 11.5. The van der Waals surface area contributed by atoms with Gasteiger partial charge in [0.15, 0.2) is 11.5 Å². The van der Waals surface area contributed by atoms with Gasteiger partial charge in [0.25, 0.3) is 0 Å². The highest BCUT2D eigenvalue weighted by Gasteiger charge is 2.15. The summed E-state index contributed by atoms with van der Waals surface area (Å²) in [6.07, 6.45) is 3.43. The number of pyridine rings is 1. The van der Waals surface area contributed by atoms with E-state index < -0.39 is 0 Å². The van der Waals surface area contributed by atoms with Gasteiger partial charge in [0, 0.05) is 6.20 Å². The number of amides is 2. The summed E-state index contributed by atoms with van der Waals surface area (Å²) >= 11 is 0. The van der Waals surface area contributed by atoms with Crippen LogP contribution in [0.5, 0.6) is 0 Å². The highest BCUT2D eigenvalue weighted by Crippen LogP contribution is 2.11. The van der Waals surface area contributed by atoms with Crippen molar-refractivity contribution in [2.75, 3.05) is 0 Å². The summed E-state index contributed by atoms with van der Waals surface area (Å²) < 4.78 is 6.99. The molecule has 0 saturated heterocycles. The standard InChI is InChI=1S/C14H15N5O2/c1-10(13-18-17-12-6-2-3-7-19(12)13)16-14(20)15-9-11-5-4-8-21-11/h2-8,10H,9H2,1H3,(H2,15,16,20). The van der Waals surface area contributed by atoms with E-state index >= 15 is 0 Å². The Morgan fingerprint density at radius 1 is 1.33 bits per heavy atom. The molecule has 0 aromatic carbocycles. The average molecular weight is 285 g/mol. The van der Waals surface area contributed by atoms with Crippen LogP contribution >= 0.6 is 0 Å². The lowest BCUT2D eigenvalue weighted by molar-refractivity contribution is 0.236. The normalized spacial score (nSPS) is 12.2. The largest absolute Gasteiger partial charge is 0.467 e. The van der Waals surface area contributed by atoms with E-state index in [-0.39, 0.29) is 12.1 Å². The summed E-state index contributed by atoms with van der Waals surface area (Å²) in [5.74, 6) is 1.38. The first-order valence-corrected chi connectivity index (χ1v) is 6.60. The second kappa shape index (κ2) is 5.66. The zero-order valence-electron chi connectivity index (χ0n) is 11.5. The van der Waals surface area contributed by atoms with E-state index in [1.54, 1.807) is 18.4 Å². The van der Waals surface area contributed by atoms with Crippen molar-refractivity contribution in [3.8, 4) is 0 Å². The number of rotatable bonds is 4. The smallest absolute Gasteiger partial charge is 0.315 e. The summed E-state index contributed by atoms with van der Waals surface area (Å²) in [6.45, 7) is 2.20. The van der Waals surface area contributed by atoms with Crippen molar-refractivity contribution in [2.24, 2.45) is 0 Å². The van der Waals surface area contributed by atoms with Crippen LogP contribution in [-0.2, 0) is 6.54 Å². The highest BCUT2D eigenvalue weighted by atomic mass is 16.3. The third-order valence-corrected chi connectivity index (χ3v) is 3.08. The van der Waals surface area contributed by atoms with Crippen molar-refractivity contribution in [3.63, 3.8) is 0 Å². The van der Waals surface area contributed by atoms with Crippen LogP contribution in [0.2, 0.25) is 0 Å². The van der Waals surface area contributed by atoms with Gasteiger partial charge in [-0.15, -0.1) is 10.2 Å². The Labute approximate surface area is 121 Å². The number of aromatic nitrogens is 3. The SMILES string of the molecule is CC(NC(=O)NCc1ccco1)c1nnc2ccccn12. The minimum absolute atomic E-state index is 0.265. The Kier molecular flexibility index (Phi) is 3.55. The molecule has 0 fully saturated rings. The molecule has 0 aliphatic rings. The van der Waals surface area contributed by atoms with Gasteiger partial charge in [-0.1, -0.05) is 6.07 Å². The number of fused-ring (bicyclic) bond motifs is 1. The molecule has 108 valence electrons. The molecule has 0 saturated carbocycles. The molecule has 3 aromatic heterocycles. The monoisotopic (exact) mass is 285 g/mol. The molecule has 2 N–H and O–H groups in total. The van der Waals surface area contributed by atoms with E-state index in [0.717, 1.165) is 5.65 Å². The van der Waals surface area contributed by atoms with Crippen LogP contribution in [0, 0.1) is 0 Å². The molecule has 21 heavy (non-hydrogen) atoms. The van der Waals surface area contributed by atoms with Crippen LogP contribution in [0.1, 0.15) is 24.6 Å². The summed E-state index contributed by atoms with van der Waals surface area (Å²) in [5, 5.41) is 13.7. The Bertz CT molecular complexity index is 735. The van der Waals surface area contributed by atoms with E-state index in [9.17, 15) is 4.79 Å². The Balaban J connectivity index is 1.63. The molecule has 1 atom stereocenters. The van der Waals surface area contributed by atoms with Gasteiger partial charge in [0.2, 0.25) is 0 Å². The Morgan fingerprint density at radius 3 is 3.05 bits per heavy atom. The molecule has 3 aromatic rings. The molecule has 7 heteroatoms. The van der Waals surface area contributed by atoms with Gasteiger partial charge in [0.1, 0.15) is 5.76 Å². The number of furan rings is 1. The number of carbonyl (C=O) groups is 1. The second-order valence-electron chi connectivity index (χ2n) is 4.62. The molecule has 0 bridgehead atoms. The lowest BCUT2D eigenvalue weighted by atomic mass is 10.3. The van der Waals surface area contributed by atoms with Crippen LogP contribution in [0.15, 0.2) is 47.2 Å². The fourth-order valence-electron chi connectivity index (χ4n) is 2.05. The van der Waals surface area contributed by atoms with Crippen molar-refractivity contribution >= 4 is 11.7 Å². The summed E-state index contributed by atoms with van der Waals surface area (Å²) in [4.78, 5) is 11.9. The number of urea groups is 1. The van der Waals surface area contributed by atoms with E-state index in [2.05, 4.69) is 20.8 Å². The molecule has 1 unspecified atom stereocenters. The lowest BCUT2D eigenvalue weighted by Crippen LogP contribution is -2.37. The van der Waals surface area contributed by atoms with Crippen LogP contribution in [0.4, 0.5) is 4.79 Å². The number of hydrogen-bond donors (Lipinski definition) is 2. The van der Waals surface area contributed by atoms with Crippen molar-refractivity contribution < 1.29 is 9.21 Å². The van der Waals surface area contributed by atoms with Gasteiger partial charge in [0.05, 0.1) is 18.8 Å². The van der Waals surface area contributed by atoms with E-state index in [0.29, 0.717) is 18.1 Å². The fourth-order valence-corrected chi connectivity index (χ4v) is 2.05. The Hall–Kier alpha value is -2.83. The summed E-state index contributed by atoms with van der Waals surface area (Å²) in [6, 6.07) is 8.67. The molecule has 0 aliphatic heterocycles. The first kappa shape index (κ1) is 13.2. The van der Waals surface area contributed by atoms with E-state index in [1.165, 1.54) is 0 Å². The number of hydrogen-bond acceptors (Lipinski definition) is 4. The maximum atomic E-state index is 11.9. The van der Waals surface area contributed by atoms with E-state index in [1.807, 2.05) is 35.7 Å². The molecule has 0 aliphatic carbocycles. The van der Waals surface area contributed by atoms with Gasteiger partial charge in [-0.2, -0.15) is 0 Å². The highest BCUT2D eigenvalue weighted by molar-refractivity contribution is 5.74. The molecular weight excluding hydrogens is 270 g/mol. The fraction of sp³-hybridized carbons (Fsp3) is 0.214. The van der Waals surface area contributed by atoms with Gasteiger partial charge in [-0.3, -0.25) is 4.40 Å². The minimum atomic E-state index is -0.286. The van der Waals surface area contributed by atoms with Crippen molar-refractivity contribution in [3.05, 3.63) is 54.4 Å². The van der Waals surface area contributed by atoms with Crippen LogP contribution in [0.25, 0.3) is 5.65 Å². The zero-order chi connectivity index (χ0) is 14.7. The summed E-state index contributed by atoms with van der Waals surface area (Å²) in [5.41, 5.74) is 0.747. The first-order valence-electron chi connectivity index (χ1n) is 6.60. The van der Waals surface area contributed by atoms with Gasteiger partial charge < -0.3 is 15.1 Å². The van der Waals surface area contributed by atoms with Crippen molar-refractivity contribution in [2.45, 2.75) is 19.5 Å². The minimum Gasteiger partial charge on any atom is -0.467 e. The average Bonchev–Trinajstić information content (AvgIpc) is 3.14. The number of nitrogens with zero attached hydrogens (tertiary/aromatic N) is 3. The van der Waals surface area contributed by atoms with Gasteiger partial charge >= 0.3 is 6.03 Å². The van der Waals surface area contributed by atoms with Crippen molar-refractivity contribution in [1.29, 1.82) is 0 Å². The third kappa shape index (κ3) is 2.86. The number of nitrogens with one attached hydrogen (secondary N) is 2.